The third kappa shape index (κ3) is 2.83. The summed E-state index contributed by atoms with van der Waals surface area (Å²) in [5.41, 5.74) is 1.87. The Bertz CT molecular complexity index is 1150. The number of nitrogens with zero attached hydrogens (tertiary/aromatic N) is 1. The van der Waals surface area contributed by atoms with Crippen molar-refractivity contribution in [2.24, 2.45) is 0 Å². The summed E-state index contributed by atoms with van der Waals surface area (Å²) in [5.74, 6) is -2.52. The van der Waals surface area contributed by atoms with Gasteiger partial charge in [0.1, 0.15) is 0 Å². The van der Waals surface area contributed by atoms with Gasteiger partial charge in [-0.3, -0.25) is 0 Å². The molecular weight excluding hydrogens is 354 g/mol. The molecule has 0 saturated carbocycles. The first-order valence-electron chi connectivity index (χ1n) is 7.82. The van der Waals surface area contributed by atoms with Crippen LogP contribution in [0.2, 0.25) is 0 Å². The maximum atomic E-state index is 13.5. The Morgan fingerprint density at radius 3 is 2.44 bits per heavy atom. The van der Waals surface area contributed by atoms with E-state index in [1.165, 1.54) is 18.2 Å². The van der Waals surface area contributed by atoms with Gasteiger partial charge in [0.25, 0.3) is 0 Å². The molecule has 0 atom stereocenters. The molecule has 0 saturated heterocycles. The van der Waals surface area contributed by atoms with Gasteiger partial charge in [-0.25, -0.2) is 13.6 Å². The van der Waals surface area contributed by atoms with Crippen molar-refractivity contribution in [2.45, 2.75) is 0 Å². The molecular formula is C20H10F2N2O3. The average Bonchev–Trinajstić information content (AvgIpc) is 2.67. The lowest BCUT2D eigenvalue weighted by molar-refractivity contribution is 0.0697. The molecule has 1 aliphatic heterocycles. The van der Waals surface area contributed by atoms with Crippen molar-refractivity contribution in [1.82, 2.24) is 0 Å². The summed E-state index contributed by atoms with van der Waals surface area (Å²) in [4.78, 5) is 11.5. The van der Waals surface area contributed by atoms with Crippen LogP contribution in [0.15, 0.2) is 48.5 Å². The van der Waals surface area contributed by atoms with Gasteiger partial charge in [-0.05, 0) is 41.5 Å². The lowest BCUT2D eigenvalue weighted by Crippen LogP contribution is -2.09. The number of nitriles is 1. The summed E-state index contributed by atoms with van der Waals surface area (Å²) in [6, 6.07) is 13.1. The van der Waals surface area contributed by atoms with E-state index in [4.69, 9.17) is 10.00 Å². The molecule has 0 amide bonds. The van der Waals surface area contributed by atoms with E-state index in [-0.39, 0.29) is 22.6 Å². The molecule has 0 fully saturated rings. The third-order valence-electron chi connectivity index (χ3n) is 4.18. The van der Waals surface area contributed by atoms with Gasteiger partial charge in [0.2, 0.25) is 0 Å². The van der Waals surface area contributed by atoms with Crippen LogP contribution in [-0.4, -0.2) is 11.1 Å². The largest absolute Gasteiger partial charge is 0.478 e. The minimum absolute atomic E-state index is 0.0839. The molecule has 0 bridgehead atoms. The monoisotopic (exact) mass is 364 g/mol. The van der Waals surface area contributed by atoms with E-state index in [1.807, 2.05) is 6.07 Å². The number of fused-ring (bicyclic) bond motifs is 2. The Morgan fingerprint density at radius 2 is 1.74 bits per heavy atom. The maximum Gasteiger partial charge on any atom is 0.338 e. The van der Waals surface area contributed by atoms with Crippen molar-refractivity contribution >= 4 is 17.3 Å². The van der Waals surface area contributed by atoms with Gasteiger partial charge in [0, 0.05) is 6.07 Å². The summed E-state index contributed by atoms with van der Waals surface area (Å²) < 4.78 is 32.4. The fourth-order valence-electron chi connectivity index (χ4n) is 2.88. The SMILES string of the molecule is N#Cc1cc2c(c(C(=O)O)c1)Nc1ccc(-c3ccc(F)c(F)c3)cc1O2. The quantitative estimate of drug-likeness (QED) is 0.520. The summed E-state index contributed by atoms with van der Waals surface area (Å²) in [5, 5.41) is 21.5. The zero-order valence-corrected chi connectivity index (χ0v) is 13.6. The number of carboxylic acid groups (broad SMARTS) is 1. The molecule has 2 N–H and O–H groups in total. The number of benzene rings is 3. The summed E-state index contributed by atoms with van der Waals surface area (Å²) in [7, 11) is 0. The van der Waals surface area contributed by atoms with Crippen LogP contribution in [0.25, 0.3) is 11.1 Å². The van der Waals surface area contributed by atoms with Crippen LogP contribution in [0.5, 0.6) is 11.5 Å². The first kappa shape index (κ1) is 16.5. The van der Waals surface area contributed by atoms with Crippen molar-refractivity contribution in [3.8, 4) is 28.7 Å². The lowest BCUT2D eigenvalue weighted by Gasteiger charge is -2.24. The Labute approximate surface area is 152 Å². The topological polar surface area (TPSA) is 82.4 Å². The van der Waals surface area contributed by atoms with Gasteiger partial charge in [-0.2, -0.15) is 5.26 Å². The van der Waals surface area contributed by atoms with Crippen molar-refractivity contribution in [3.05, 3.63) is 71.3 Å². The van der Waals surface area contributed by atoms with E-state index in [0.717, 1.165) is 12.1 Å². The molecule has 1 heterocycles. The number of carboxylic acids is 1. The van der Waals surface area contributed by atoms with Gasteiger partial charge in [-0.1, -0.05) is 12.1 Å². The first-order valence-corrected chi connectivity index (χ1v) is 7.82. The molecule has 0 spiro atoms. The van der Waals surface area contributed by atoms with Crippen LogP contribution in [0.1, 0.15) is 15.9 Å². The van der Waals surface area contributed by atoms with Crippen LogP contribution in [-0.2, 0) is 0 Å². The minimum atomic E-state index is -1.19. The molecule has 0 unspecified atom stereocenters. The van der Waals surface area contributed by atoms with Gasteiger partial charge < -0.3 is 15.2 Å². The van der Waals surface area contributed by atoms with Crippen molar-refractivity contribution in [3.63, 3.8) is 0 Å². The normalized spacial score (nSPS) is 11.4. The highest BCUT2D eigenvalue weighted by Crippen LogP contribution is 2.45. The number of halogens is 2. The lowest BCUT2D eigenvalue weighted by atomic mass is 10.0. The highest BCUT2D eigenvalue weighted by molar-refractivity contribution is 5.99. The van der Waals surface area contributed by atoms with Crippen LogP contribution in [0.4, 0.5) is 20.2 Å². The zero-order valence-electron chi connectivity index (χ0n) is 13.6. The fourth-order valence-corrected chi connectivity index (χ4v) is 2.88. The molecule has 3 aromatic rings. The molecule has 0 aliphatic carbocycles. The van der Waals surface area contributed by atoms with E-state index in [9.17, 15) is 18.7 Å². The third-order valence-corrected chi connectivity index (χ3v) is 4.18. The molecule has 5 nitrogen and oxygen atoms in total. The smallest absolute Gasteiger partial charge is 0.338 e. The fraction of sp³-hybridized carbons (Fsp3) is 0. The molecule has 3 aromatic carbocycles. The first-order chi connectivity index (χ1) is 13.0. The number of nitrogens with one attached hydrogen (secondary N) is 1. The van der Waals surface area contributed by atoms with Gasteiger partial charge in [0.05, 0.1) is 28.6 Å². The van der Waals surface area contributed by atoms with Crippen molar-refractivity contribution in [1.29, 1.82) is 5.26 Å². The van der Waals surface area contributed by atoms with Crippen LogP contribution in [0, 0.1) is 23.0 Å². The van der Waals surface area contributed by atoms with E-state index in [2.05, 4.69) is 5.32 Å². The van der Waals surface area contributed by atoms with Crippen LogP contribution < -0.4 is 10.1 Å². The Kier molecular flexibility index (Phi) is 3.74. The number of hydrogen-bond donors (Lipinski definition) is 2. The highest BCUT2D eigenvalue weighted by Gasteiger charge is 2.24. The summed E-state index contributed by atoms with van der Waals surface area (Å²) >= 11 is 0. The molecule has 7 heteroatoms. The number of hydrogen-bond acceptors (Lipinski definition) is 4. The second-order valence-electron chi connectivity index (χ2n) is 5.88. The van der Waals surface area contributed by atoms with Crippen LogP contribution in [0.3, 0.4) is 0 Å². The number of aromatic carboxylic acids is 1. The van der Waals surface area contributed by atoms with E-state index >= 15 is 0 Å². The number of carbonyl (C=O) groups is 1. The van der Waals surface area contributed by atoms with E-state index in [1.54, 1.807) is 18.2 Å². The standard InChI is InChI=1S/C20H10F2N2O3/c21-14-3-1-11(7-15(14)22)12-2-4-16-17(8-12)27-18-6-10(9-23)5-13(20(25)26)19(18)24-16/h1-8,24H,(H,25,26). The second kappa shape index (κ2) is 6.11. The average molecular weight is 364 g/mol. The molecule has 1 aliphatic rings. The highest BCUT2D eigenvalue weighted by atomic mass is 19.2. The van der Waals surface area contributed by atoms with Gasteiger partial charge in [-0.15, -0.1) is 0 Å². The molecule has 4 rings (SSSR count). The molecule has 0 aromatic heterocycles. The van der Waals surface area contributed by atoms with Gasteiger partial charge >= 0.3 is 5.97 Å². The second-order valence-corrected chi connectivity index (χ2v) is 5.88. The molecule has 27 heavy (non-hydrogen) atoms. The predicted molar refractivity (Wildman–Crippen MR) is 93.3 cm³/mol. The number of anilines is 2. The Morgan fingerprint density at radius 1 is 1.00 bits per heavy atom. The van der Waals surface area contributed by atoms with Crippen LogP contribution >= 0.6 is 0 Å². The summed E-state index contributed by atoms with van der Waals surface area (Å²) in [6.07, 6.45) is 0. The molecule has 132 valence electrons. The number of rotatable bonds is 2. The maximum absolute atomic E-state index is 13.5. The summed E-state index contributed by atoms with van der Waals surface area (Å²) in [6.45, 7) is 0. The minimum Gasteiger partial charge on any atom is -0.478 e. The van der Waals surface area contributed by atoms with E-state index in [0.29, 0.717) is 22.6 Å². The van der Waals surface area contributed by atoms with Gasteiger partial charge in [0.15, 0.2) is 23.1 Å². The predicted octanol–water partition coefficient (Wildman–Crippen LogP) is 5.05. The zero-order chi connectivity index (χ0) is 19.1. The number of ether oxygens (including phenoxy) is 1. The van der Waals surface area contributed by atoms with Crippen molar-refractivity contribution < 1.29 is 23.4 Å². The van der Waals surface area contributed by atoms with E-state index < -0.39 is 17.6 Å². The van der Waals surface area contributed by atoms with Crippen molar-refractivity contribution in [2.75, 3.05) is 5.32 Å². The molecule has 0 radical (unpaired) electrons. The Hall–Kier alpha value is -3.92. The Balaban J connectivity index is 1.78.